The van der Waals surface area contributed by atoms with E-state index < -0.39 is 0 Å². The quantitative estimate of drug-likeness (QED) is 0.611. The molecule has 7 nitrogen and oxygen atoms in total. The van der Waals surface area contributed by atoms with Crippen molar-refractivity contribution < 1.29 is 4.74 Å². The van der Waals surface area contributed by atoms with Gasteiger partial charge in [0.15, 0.2) is 5.82 Å². The van der Waals surface area contributed by atoms with E-state index in [1.165, 1.54) is 6.07 Å². The van der Waals surface area contributed by atoms with Crippen LogP contribution in [0.15, 0.2) is 41.5 Å². The third kappa shape index (κ3) is 2.22. The fourth-order valence-corrected chi connectivity index (χ4v) is 2.60. The number of fused-ring (bicyclic) bond motifs is 2. The summed E-state index contributed by atoms with van der Waals surface area (Å²) >= 11 is 0. The molecule has 4 rings (SSSR count). The van der Waals surface area contributed by atoms with E-state index in [1.807, 2.05) is 25.4 Å². The highest BCUT2D eigenvalue weighted by Gasteiger charge is 2.13. The summed E-state index contributed by atoms with van der Waals surface area (Å²) in [6.45, 7) is 0. The molecule has 1 aromatic carbocycles. The molecule has 0 spiro atoms. The molecule has 0 atom stereocenters. The van der Waals surface area contributed by atoms with E-state index in [2.05, 4.69) is 20.1 Å². The molecule has 0 aliphatic heterocycles. The summed E-state index contributed by atoms with van der Waals surface area (Å²) in [7, 11) is 3.47. The van der Waals surface area contributed by atoms with Gasteiger partial charge in [0.05, 0.1) is 35.4 Å². The maximum atomic E-state index is 11.3. The first-order valence-corrected chi connectivity index (χ1v) is 7.02. The van der Waals surface area contributed by atoms with Crippen molar-refractivity contribution in [3.05, 3.63) is 47.0 Å². The largest absolute Gasteiger partial charge is 0.496 e. The molecule has 0 aliphatic carbocycles. The lowest BCUT2D eigenvalue weighted by Gasteiger charge is -2.08. The maximum Gasteiger partial charge on any atom is 0.248 e. The minimum Gasteiger partial charge on any atom is -0.496 e. The second-order valence-corrected chi connectivity index (χ2v) is 5.23. The highest BCUT2D eigenvalue weighted by atomic mass is 16.5. The summed E-state index contributed by atoms with van der Waals surface area (Å²) in [6.07, 6.45) is 3.53. The number of hydrogen-bond donors (Lipinski definition) is 1. The Morgan fingerprint density at radius 1 is 1.22 bits per heavy atom. The number of aryl methyl sites for hydroxylation is 1. The molecule has 3 heterocycles. The smallest absolute Gasteiger partial charge is 0.248 e. The summed E-state index contributed by atoms with van der Waals surface area (Å²) in [5.74, 6) is 1.19. The van der Waals surface area contributed by atoms with Crippen LogP contribution in [0.1, 0.15) is 0 Å². The number of ether oxygens (including phenoxy) is 1. The standard InChI is InChI=1S/C16H13N5O2/c1-21-8-9-5-10(14(23-2)6-12(9)20-21)16-17-7-13-11(19-16)3-4-15(22)18-13/h3-8H,1-2H3,(H,18,22). The summed E-state index contributed by atoms with van der Waals surface area (Å²) < 4.78 is 7.21. The van der Waals surface area contributed by atoms with E-state index in [-0.39, 0.29) is 5.56 Å². The van der Waals surface area contributed by atoms with E-state index >= 15 is 0 Å². The Kier molecular flexibility index (Phi) is 2.87. The van der Waals surface area contributed by atoms with Crippen molar-refractivity contribution >= 4 is 21.9 Å². The van der Waals surface area contributed by atoms with Crippen molar-refractivity contribution in [2.45, 2.75) is 0 Å². The predicted molar refractivity (Wildman–Crippen MR) is 86.4 cm³/mol. The van der Waals surface area contributed by atoms with Crippen molar-refractivity contribution in [3.63, 3.8) is 0 Å². The molecule has 0 saturated heterocycles. The molecular weight excluding hydrogens is 294 g/mol. The van der Waals surface area contributed by atoms with Gasteiger partial charge in [0.25, 0.3) is 0 Å². The predicted octanol–water partition coefficient (Wildman–Crippen LogP) is 1.88. The number of nitrogens with zero attached hydrogens (tertiary/aromatic N) is 4. The first-order chi connectivity index (χ1) is 11.1. The van der Waals surface area contributed by atoms with E-state index in [1.54, 1.807) is 24.1 Å². The molecule has 0 bridgehead atoms. The van der Waals surface area contributed by atoms with E-state index in [9.17, 15) is 4.79 Å². The van der Waals surface area contributed by atoms with Crippen LogP contribution in [-0.2, 0) is 7.05 Å². The van der Waals surface area contributed by atoms with Crippen LogP contribution < -0.4 is 10.3 Å². The van der Waals surface area contributed by atoms with Gasteiger partial charge in [-0.3, -0.25) is 9.48 Å². The Bertz CT molecular complexity index is 1100. The lowest BCUT2D eigenvalue weighted by molar-refractivity contribution is 0.416. The summed E-state index contributed by atoms with van der Waals surface area (Å²) in [5, 5.41) is 5.35. The van der Waals surface area contributed by atoms with Crippen LogP contribution in [0.2, 0.25) is 0 Å². The van der Waals surface area contributed by atoms with Crippen LogP contribution >= 0.6 is 0 Å². The zero-order chi connectivity index (χ0) is 16.0. The topological polar surface area (TPSA) is 85.7 Å². The van der Waals surface area contributed by atoms with Gasteiger partial charge in [-0.1, -0.05) is 0 Å². The third-order valence-electron chi connectivity index (χ3n) is 3.65. The number of rotatable bonds is 2. The molecule has 0 unspecified atom stereocenters. The molecule has 7 heteroatoms. The van der Waals surface area contributed by atoms with Gasteiger partial charge >= 0.3 is 0 Å². The minimum absolute atomic E-state index is 0.178. The zero-order valence-corrected chi connectivity index (χ0v) is 12.6. The maximum absolute atomic E-state index is 11.3. The molecule has 0 fully saturated rings. The van der Waals surface area contributed by atoms with Gasteiger partial charge < -0.3 is 9.72 Å². The van der Waals surface area contributed by atoms with Crippen LogP contribution in [-0.4, -0.2) is 31.8 Å². The van der Waals surface area contributed by atoms with E-state index in [0.29, 0.717) is 22.6 Å². The van der Waals surface area contributed by atoms with Crippen molar-refractivity contribution in [1.82, 2.24) is 24.7 Å². The Labute approximate surface area is 130 Å². The molecule has 23 heavy (non-hydrogen) atoms. The highest BCUT2D eigenvalue weighted by molar-refractivity contribution is 5.87. The number of H-pyrrole nitrogens is 1. The van der Waals surface area contributed by atoms with E-state index in [0.717, 1.165) is 16.5 Å². The van der Waals surface area contributed by atoms with Crippen LogP contribution in [0.25, 0.3) is 33.3 Å². The fourth-order valence-electron chi connectivity index (χ4n) is 2.60. The summed E-state index contributed by atoms with van der Waals surface area (Å²) in [6, 6.07) is 6.94. The molecule has 0 saturated carbocycles. The first kappa shape index (κ1) is 13.4. The zero-order valence-electron chi connectivity index (χ0n) is 12.6. The third-order valence-corrected chi connectivity index (χ3v) is 3.65. The SMILES string of the molecule is COc1cc2nn(C)cc2cc1-c1ncc2[nH]c(=O)ccc2n1. The average Bonchev–Trinajstić information content (AvgIpc) is 2.92. The van der Waals surface area contributed by atoms with Crippen molar-refractivity contribution in [3.8, 4) is 17.1 Å². The summed E-state index contributed by atoms with van der Waals surface area (Å²) in [4.78, 5) is 22.9. The van der Waals surface area contributed by atoms with Crippen LogP contribution in [0.5, 0.6) is 5.75 Å². The molecule has 0 radical (unpaired) electrons. The fraction of sp³-hybridized carbons (Fsp3) is 0.125. The second-order valence-electron chi connectivity index (χ2n) is 5.23. The Hall–Kier alpha value is -3.22. The number of methoxy groups -OCH3 is 1. The van der Waals surface area contributed by atoms with Gasteiger partial charge in [-0.25, -0.2) is 9.97 Å². The molecule has 0 aliphatic rings. The number of hydrogen-bond acceptors (Lipinski definition) is 5. The molecule has 3 aromatic heterocycles. The number of aromatic amines is 1. The monoisotopic (exact) mass is 307 g/mol. The van der Waals surface area contributed by atoms with Gasteiger partial charge in [-0.15, -0.1) is 0 Å². The van der Waals surface area contributed by atoms with Crippen molar-refractivity contribution in [2.24, 2.45) is 7.05 Å². The molecule has 114 valence electrons. The number of nitrogens with one attached hydrogen (secondary N) is 1. The van der Waals surface area contributed by atoms with Gasteiger partial charge in [-0.05, 0) is 12.1 Å². The minimum atomic E-state index is -0.178. The summed E-state index contributed by atoms with van der Waals surface area (Å²) in [5.41, 5.74) is 2.72. The van der Waals surface area contributed by atoms with Crippen LogP contribution in [0.4, 0.5) is 0 Å². The van der Waals surface area contributed by atoms with Crippen LogP contribution in [0.3, 0.4) is 0 Å². The normalized spacial score (nSPS) is 11.2. The first-order valence-electron chi connectivity index (χ1n) is 7.02. The Morgan fingerprint density at radius 2 is 2.09 bits per heavy atom. The Morgan fingerprint density at radius 3 is 2.91 bits per heavy atom. The van der Waals surface area contributed by atoms with Gasteiger partial charge in [0.1, 0.15) is 5.75 Å². The average molecular weight is 307 g/mol. The Balaban J connectivity index is 1.96. The molecule has 1 N–H and O–H groups in total. The van der Waals surface area contributed by atoms with E-state index in [4.69, 9.17) is 4.74 Å². The number of benzene rings is 1. The number of aromatic nitrogens is 5. The molecule has 4 aromatic rings. The number of pyridine rings is 1. The lowest BCUT2D eigenvalue weighted by Crippen LogP contribution is -2.04. The van der Waals surface area contributed by atoms with Gasteiger partial charge in [-0.2, -0.15) is 5.10 Å². The lowest BCUT2D eigenvalue weighted by atomic mass is 10.1. The van der Waals surface area contributed by atoms with Crippen LogP contribution in [0, 0.1) is 0 Å². The van der Waals surface area contributed by atoms with Gasteiger partial charge in [0.2, 0.25) is 5.56 Å². The van der Waals surface area contributed by atoms with Crippen molar-refractivity contribution in [1.29, 1.82) is 0 Å². The molecular formula is C16H13N5O2. The highest BCUT2D eigenvalue weighted by Crippen LogP contribution is 2.32. The van der Waals surface area contributed by atoms with Crippen molar-refractivity contribution in [2.75, 3.05) is 7.11 Å². The molecule has 0 amide bonds. The second kappa shape index (κ2) is 4.91. The van der Waals surface area contributed by atoms with Gasteiger partial charge in [0, 0.05) is 30.8 Å².